The van der Waals surface area contributed by atoms with Gasteiger partial charge in [-0.3, -0.25) is 0 Å². The van der Waals surface area contributed by atoms with Crippen molar-refractivity contribution in [3.05, 3.63) is 24.3 Å². The molecule has 0 radical (unpaired) electrons. The van der Waals surface area contributed by atoms with Crippen LogP contribution in [-0.2, 0) is 0 Å². The van der Waals surface area contributed by atoms with Gasteiger partial charge < -0.3 is 0 Å². The van der Waals surface area contributed by atoms with Crippen LogP contribution in [0.25, 0.3) is 0 Å². The first-order valence-electron chi connectivity index (χ1n) is 7.09. The molecule has 0 rings (SSSR count). The maximum absolute atomic E-state index is 2.30. The van der Waals surface area contributed by atoms with Crippen LogP contribution >= 0.6 is 0 Å². The van der Waals surface area contributed by atoms with Gasteiger partial charge in [0.25, 0.3) is 0 Å². The lowest BCUT2D eigenvalue weighted by atomic mass is 10.1. The van der Waals surface area contributed by atoms with Crippen molar-refractivity contribution < 1.29 is 0 Å². The van der Waals surface area contributed by atoms with Crippen LogP contribution in [0.1, 0.15) is 72.1 Å². The van der Waals surface area contributed by atoms with E-state index >= 15 is 0 Å². The highest BCUT2D eigenvalue weighted by molar-refractivity contribution is 5.02. The van der Waals surface area contributed by atoms with Crippen LogP contribution in [0.2, 0.25) is 0 Å². The fourth-order valence-electron chi connectivity index (χ4n) is 1.65. The lowest BCUT2D eigenvalue weighted by molar-refractivity contribution is 0.611. The molecule has 0 unspecified atom stereocenters. The van der Waals surface area contributed by atoms with E-state index in [4.69, 9.17) is 0 Å². The largest absolute Gasteiger partial charge is 0.0845 e. The third kappa shape index (κ3) is 13.5. The molecule has 0 amide bonds. The van der Waals surface area contributed by atoms with Gasteiger partial charge in [0.1, 0.15) is 0 Å². The van der Waals surface area contributed by atoms with Crippen LogP contribution in [0.5, 0.6) is 0 Å². The standard InChI is InChI=1S/C16H30/c1-4-5-6-7-8-9-10-11-12-13-14-15-16(2)3/h11-14,16H,4-10,15H2,1-3H3. The highest BCUT2D eigenvalue weighted by Gasteiger charge is 1.88. The lowest BCUT2D eigenvalue weighted by Crippen LogP contribution is -1.80. The SMILES string of the molecule is CCCCCCCCC=CC=CCC(C)C. The summed E-state index contributed by atoms with van der Waals surface area (Å²) in [4.78, 5) is 0. The third-order valence-electron chi connectivity index (χ3n) is 2.72. The lowest BCUT2D eigenvalue weighted by Gasteiger charge is -1.97. The Labute approximate surface area is 103 Å². The second-order valence-corrected chi connectivity index (χ2v) is 5.04. The van der Waals surface area contributed by atoms with Crippen molar-refractivity contribution in [3.8, 4) is 0 Å². The van der Waals surface area contributed by atoms with Gasteiger partial charge in [-0.25, -0.2) is 0 Å². The second-order valence-electron chi connectivity index (χ2n) is 5.04. The van der Waals surface area contributed by atoms with E-state index in [-0.39, 0.29) is 0 Å². The topological polar surface area (TPSA) is 0 Å². The Morgan fingerprint density at radius 2 is 1.44 bits per heavy atom. The van der Waals surface area contributed by atoms with E-state index in [1.807, 2.05) is 0 Å². The minimum atomic E-state index is 0.781. The van der Waals surface area contributed by atoms with E-state index in [2.05, 4.69) is 45.1 Å². The van der Waals surface area contributed by atoms with Crippen molar-refractivity contribution in [3.63, 3.8) is 0 Å². The Kier molecular flexibility index (Phi) is 12.1. The molecule has 0 nitrogen and oxygen atoms in total. The van der Waals surface area contributed by atoms with Crippen LogP contribution in [0, 0.1) is 5.92 Å². The van der Waals surface area contributed by atoms with Crippen LogP contribution in [0.4, 0.5) is 0 Å². The van der Waals surface area contributed by atoms with Crippen LogP contribution in [-0.4, -0.2) is 0 Å². The average Bonchev–Trinajstić information content (AvgIpc) is 2.25. The fraction of sp³-hybridized carbons (Fsp3) is 0.750. The van der Waals surface area contributed by atoms with Gasteiger partial charge in [-0.15, -0.1) is 0 Å². The smallest absolute Gasteiger partial charge is 0.0324 e. The molecule has 0 aromatic carbocycles. The van der Waals surface area contributed by atoms with Gasteiger partial charge in [-0.05, 0) is 25.2 Å². The molecule has 0 bridgehead atoms. The molecule has 0 aromatic heterocycles. The maximum Gasteiger partial charge on any atom is -0.0324 e. The van der Waals surface area contributed by atoms with Crippen LogP contribution < -0.4 is 0 Å². The minimum absolute atomic E-state index is 0.781. The monoisotopic (exact) mass is 222 g/mol. The molecule has 0 fully saturated rings. The van der Waals surface area contributed by atoms with E-state index in [1.54, 1.807) is 0 Å². The molecule has 0 aliphatic rings. The molecule has 0 atom stereocenters. The summed E-state index contributed by atoms with van der Waals surface area (Å²) >= 11 is 0. The second kappa shape index (κ2) is 12.5. The minimum Gasteiger partial charge on any atom is -0.0845 e. The van der Waals surface area contributed by atoms with Gasteiger partial charge in [-0.1, -0.05) is 77.2 Å². The molecule has 0 aliphatic heterocycles. The van der Waals surface area contributed by atoms with Gasteiger partial charge in [0, 0.05) is 0 Å². The number of hydrogen-bond acceptors (Lipinski definition) is 0. The highest BCUT2D eigenvalue weighted by Crippen LogP contribution is 2.07. The van der Waals surface area contributed by atoms with E-state index in [9.17, 15) is 0 Å². The zero-order valence-corrected chi connectivity index (χ0v) is 11.5. The molecule has 94 valence electrons. The summed E-state index contributed by atoms with van der Waals surface area (Å²) in [5.41, 5.74) is 0. The third-order valence-corrected chi connectivity index (χ3v) is 2.72. The predicted octanol–water partition coefficient (Wildman–Crippen LogP) is 5.90. The quantitative estimate of drug-likeness (QED) is 0.319. The predicted molar refractivity (Wildman–Crippen MR) is 75.7 cm³/mol. The van der Waals surface area contributed by atoms with Crippen molar-refractivity contribution in [1.29, 1.82) is 0 Å². The Morgan fingerprint density at radius 1 is 0.812 bits per heavy atom. The average molecular weight is 222 g/mol. The van der Waals surface area contributed by atoms with E-state index < -0.39 is 0 Å². The molecule has 0 heteroatoms. The Balaban J connectivity index is 3.18. The summed E-state index contributed by atoms with van der Waals surface area (Å²) in [5, 5.41) is 0. The Morgan fingerprint density at radius 3 is 2.12 bits per heavy atom. The molecule has 0 heterocycles. The molecule has 0 spiro atoms. The van der Waals surface area contributed by atoms with Crippen LogP contribution in [0.15, 0.2) is 24.3 Å². The van der Waals surface area contributed by atoms with Crippen molar-refractivity contribution in [1.82, 2.24) is 0 Å². The summed E-state index contributed by atoms with van der Waals surface area (Å²) in [6.45, 7) is 6.78. The molecular weight excluding hydrogens is 192 g/mol. The fourth-order valence-corrected chi connectivity index (χ4v) is 1.65. The maximum atomic E-state index is 2.30. The van der Waals surface area contributed by atoms with Crippen LogP contribution in [0.3, 0.4) is 0 Å². The van der Waals surface area contributed by atoms with Gasteiger partial charge in [0.05, 0.1) is 0 Å². The van der Waals surface area contributed by atoms with Gasteiger partial charge >= 0.3 is 0 Å². The van der Waals surface area contributed by atoms with Gasteiger partial charge in [-0.2, -0.15) is 0 Å². The summed E-state index contributed by atoms with van der Waals surface area (Å²) in [5.74, 6) is 0.781. The van der Waals surface area contributed by atoms with E-state index in [1.165, 1.54) is 51.4 Å². The van der Waals surface area contributed by atoms with Crippen molar-refractivity contribution in [2.75, 3.05) is 0 Å². The summed E-state index contributed by atoms with van der Waals surface area (Å²) in [6.07, 6.45) is 19.8. The molecule has 0 saturated carbocycles. The van der Waals surface area contributed by atoms with Crippen molar-refractivity contribution >= 4 is 0 Å². The highest BCUT2D eigenvalue weighted by atomic mass is 13.9. The van der Waals surface area contributed by atoms with Gasteiger partial charge in [0.15, 0.2) is 0 Å². The van der Waals surface area contributed by atoms with Crippen molar-refractivity contribution in [2.45, 2.75) is 72.1 Å². The van der Waals surface area contributed by atoms with E-state index in [0.29, 0.717) is 0 Å². The molecular formula is C16H30. The number of allylic oxidation sites excluding steroid dienone is 4. The molecule has 0 N–H and O–H groups in total. The summed E-state index contributed by atoms with van der Waals surface area (Å²) < 4.78 is 0. The first kappa shape index (κ1) is 15.5. The molecule has 0 aromatic rings. The molecule has 0 aliphatic carbocycles. The van der Waals surface area contributed by atoms with E-state index in [0.717, 1.165) is 5.92 Å². The zero-order chi connectivity index (χ0) is 12.1. The number of rotatable bonds is 10. The van der Waals surface area contributed by atoms with Gasteiger partial charge in [0.2, 0.25) is 0 Å². The summed E-state index contributed by atoms with van der Waals surface area (Å²) in [6, 6.07) is 0. The number of unbranched alkanes of at least 4 members (excludes halogenated alkanes) is 6. The zero-order valence-electron chi connectivity index (χ0n) is 11.5. The molecule has 16 heavy (non-hydrogen) atoms. The summed E-state index contributed by atoms with van der Waals surface area (Å²) in [7, 11) is 0. The Bertz CT molecular complexity index is 174. The van der Waals surface area contributed by atoms with Crippen molar-refractivity contribution in [2.24, 2.45) is 5.92 Å². The normalized spacial score (nSPS) is 12.2. The molecule has 0 saturated heterocycles. The number of hydrogen-bond donors (Lipinski definition) is 0. The first-order valence-corrected chi connectivity index (χ1v) is 7.09. The Hall–Kier alpha value is -0.520. The first-order chi connectivity index (χ1) is 7.77.